The van der Waals surface area contributed by atoms with E-state index >= 15 is 0 Å². The van der Waals surface area contributed by atoms with Crippen molar-refractivity contribution >= 4 is 5.91 Å². The van der Waals surface area contributed by atoms with E-state index in [4.69, 9.17) is 0 Å². The third kappa shape index (κ3) is 4.97. The van der Waals surface area contributed by atoms with Crippen LogP contribution in [-0.4, -0.2) is 66.0 Å². The summed E-state index contributed by atoms with van der Waals surface area (Å²) in [7, 11) is 1.99. The van der Waals surface area contributed by atoms with Gasteiger partial charge in [0.1, 0.15) is 5.75 Å². The number of nitrogens with zero attached hydrogens (tertiary/aromatic N) is 2. The molecule has 1 saturated heterocycles. The standard InChI is InChI=1S/C20H27F3N2O3/c1-24-11-13-25(14-12-24)18(26)17(19(27)9-3-2-4-10-19)15-5-7-16(8-6-15)28-20(21,22)23/h5-8,17,27H,2-4,9-14H2,1H3. The second-order valence-electron chi connectivity index (χ2n) is 7.84. The van der Waals surface area contributed by atoms with Crippen LogP contribution in [0, 0.1) is 0 Å². The van der Waals surface area contributed by atoms with Gasteiger partial charge in [0.2, 0.25) is 5.91 Å². The molecular formula is C20H27F3N2O3. The molecule has 1 aliphatic heterocycles. The number of likely N-dealkylation sites (N-methyl/N-ethyl adjacent to an activating group) is 1. The van der Waals surface area contributed by atoms with Crippen LogP contribution in [0.4, 0.5) is 13.2 Å². The van der Waals surface area contributed by atoms with Crippen LogP contribution in [0.3, 0.4) is 0 Å². The Hall–Kier alpha value is -1.80. The smallest absolute Gasteiger partial charge is 0.406 e. The van der Waals surface area contributed by atoms with Crippen LogP contribution in [-0.2, 0) is 4.79 Å². The third-order valence-electron chi connectivity index (χ3n) is 5.77. The summed E-state index contributed by atoms with van der Waals surface area (Å²) in [5.41, 5.74) is -0.645. The van der Waals surface area contributed by atoms with Crippen LogP contribution in [0.15, 0.2) is 24.3 Å². The maximum atomic E-state index is 13.4. The molecule has 28 heavy (non-hydrogen) atoms. The van der Waals surface area contributed by atoms with Crippen molar-refractivity contribution in [2.45, 2.75) is 50.0 Å². The Balaban J connectivity index is 1.87. The molecule has 0 radical (unpaired) electrons. The lowest BCUT2D eigenvalue weighted by Gasteiger charge is -2.42. The number of carbonyl (C=O) groups excluding carboxylic acids is 1. The van der Waals surface area contributed by atoms with Crippen molar-refractivity contribution in [1.82, 2.24) is 9.80 Å². The van der Waals surface area contributed by atoms with Crippen molar-refractivity contribution < 1.29 is 27.8 Å². The first kappa shape index (κ1) is 20.9. The molecule has 0 spiro atoms. The second kappa shape index (κ2) is 8.29. The number of aliphatic hydroxyl groups is 1. The fourth-order valence-electron chi connectivity index (χ4n) is 4.21. The number of benzene rings is 1. The van der Waals surface area contributed by atoms with Gasteiger partial charge in [-0.3, -0.25) is 4.79 Å². The van der Waals surface area contributed by atoms with Gasteiger partial charge in [-0.25, -0.2) is 0 Å². The second-order valence-corrected chi connectivity index (χ2v) is 7.84. The van der Waals surface area contributed by atoms with Crippen LogP contribution < -0.4 is 4.74 Å². The van der Waals surface area contributed by atoms with E-state index in [1.165, 1.54) is 24.3 Å². The summed E-state index contributed by atoms with van der Waals surface area (Å²) in [6.45, 7) is 2.68. The maximum absolute atomic E-state index is 13.4. The molecule has 156 valence electrons. The van der Waals surface area contributed by atoms with Crippen LogP contribution in [0.1, 0.15) is 43.6 Å². The molecule has 2 aliphatic rings. The summed E-state index contributed by atoms with van der Waals surface area (Å²) in [5, 5.41) is 11.3. The largest absolute Gasteiger partial charge is 0.573 e. The lowest BCUT2D eigenvalue weighted by molar-refractivity contribution is -0.274. The quantitative estimate of drug-likeness (QED) is 0.844. The molecule has 1 unspecified atom stereocenters. The zero-order chi connectivity index (χ0) is 20.4. The average molecular weight is 400 g/mol. The SMILES string of the molecule is CN1CCN(C(=O)C(c2ccc(OC(F)(F)F)cc2)C2(O)CCCCC2)CC1. The Morgan fingerprint density at radius 3 is 2.18 bits per heavy atom. The van der Waals surface area contributed by atoms with Gasteiger partial charge in [0.05, 0.1) is 11.5 Å². The van der Waals surface area contributed by atoms with Crippen LogP contribution in [0.25, 0.3) is 0 Å². The third-order valence-corrected chi connectivity index (χ3v) is 5.77. The van der Waals surface area contributed by atoms with Gasteiger partial charge >= 0.3 is 6.36 Å². The van der Waals surface area contributed by atoms with E-state index in [1.54, 1.807) is 4.90 Å². The summed E-state index contributed by atoms with van der Waals surface area (Å²) in [4.78, 5) is 17.3. The summed E-state index contributed by atoms with van der Waals surface area (Å²) in [6, 6.07) is 5.34. The van der Waals surface area contributed by atoms with Crippen molar-refractivity contribution in [3.05, 3.63) is 29.8 Å². The van der Waals surface area contributed by atoms with Crippen molar-refractivity contribution in [2.24, 2.45) is 0 Å². The van der Waals surface area contributed by atoms with Gasteiger partial charge in [0, 0.05) is 26.2 Å². The molecule has 1 heterocycles. The molecule has 0 bridgehead atoms. The van der Waals surface area contributed by atoms with E-state index in [1.807, 2.05) is 7.05 Å². The van der Waals surface area contributed by atoms with Crippen molar-refractivity contribution in [1.29, 1.82) is 0 Å². The lowest BCUT2D eigenvalue weighted by Crippen LogP contribution is -2.53. The van der Waals surface area contributed by atoms with E-state index in [9.17, 15) is 23.1 Å². The molecule has 1 N–H and O–H groups in total. The molecule has 1 atom stereocenters. The minimum absolute atomic E-state index is 0.151. The molecule has 1 aromatic rings. The predicted octanol–water partition coefficient (Wildman–Crippen LogP) is 3.14. The molecule has 3 rings (SSSR count). The summed E-state index contributed by atoms with van der Waals surface area (Å²) >= 11 is 0. The molecule has 1 amide bonds. The molecule has 5 nitrogen and oxygen atoms in total. The minimum Gasteiger partial charge on any atom is -0.406 e. The molecule has 1 aromatic carbocycles. The van der Waals surface area contributed by atoms with Crippen LogP contribution in [0.5, 0.6) is 5.75 Å². The van der Waals surface area contributed by atoms with Gasteiger partial charge in [-0.15, -0.1) is 13.2 Å². The topological polar surface area (TPSA) is 53.0 Å². The zero-order valence-corrected chi connectivity index (χ0v) is 16.0. The number of ether oxygens (including phenoxy) is 1. The first-order chi connectivity index (χ1) is 13.2. The molecule has 8 heteroatoms. The Bertz CT molecular complexity index is 664. The number of hydrogen-bond donors (Lipinski definition) is 1. The molecular weight excluding hydrogens is 373 g/mol. The van der Waals surface area contributed by atoms with Gasteiger partial charge in [-0.1, -0.05) is 31.4 Å². The number of halogens is 3. The van der Waals surface area contributed by atoms with Crippen LogP contribution in [0.2, 0.25) is 0 Å². The highest BCUT2D eigenvalue weighted by molar-refractivity contribution is 5.85. The van der Waals surface area contributed by atoms with E-state index in [2.05, 4.69) is 9.64 Å². The first-order valence-electron chi connectivity index (χ1n) is 9.73. The highest BCUT2D eigenvalue weighted by Crippen LogP contribution is 2.41. The Morgan fingerprint density at radius 1 is 1.07 bits per heavy atom. The van der Waals surface area contributed by atoms with Gasteiger partial charge < -0.3 is 19.6 Å². The van der Waals surface area contributed by atoms with Gasteiger partial charge in [-0.2, -0.15) is 0 Å². The Labute approximate surface area is 163 Å². The summed E-state index contributed by atoms with van der Waals surface area (Å²) in [5.74, 6) is -1.27. The number of piperazine rings is 1. The van der Waals surface area contributed by atoms with Crippen molar-refractivity contribution in [3.8, 4) is 5.75 Å². The van der Waals surface area contributed by atoms with Gasteiger partial charge in [-0.05, 0) is 37.6 Å². The molecule has 1 saturated carbocycles. The van der Waals surface area contributed by atoms with E-state index in [-0.39, 0.29) is 11.7 Å². The Morgan fingerprint density at radius 2 is 1.64 bits per heavy atom. The fraction of sp³-hybridized carbons (Fsp3) is 0.650. The fourth-order valence-corrected chi connectivity index (χ4v) is 4.21. The molecule has 2 fully saturated rings. The van der Waals surface area contributed by atoms with E-state index in [0.29, 0.717) is 31.5 Å². The van der Waals surface area contributed by atoms with Gasteiger partial charge in [0.15, 0.2) is 0 Å². The highest BCUT2D eigenvalue weighted by Gasteiger charge is 2.45. The van der Waals surface area contributed by atoms with E-state index < -0.39 is 17.9 Å². The maximum Gasteiger partial charge on any atom is 0.573 e. The molecule has 0 aromatic heterocycles. The number of alkyl halides is 3. The average Bonchev–Trinajstić information content (AvgIpc) is 2.63. The summed E-state index contributed by atoms with van der Waals surface area (Å²) < 4.78 is 41.2. The monoisotopic (exact) mass is 400 g/mol. The zero-order valence-electron chi connectivity index (χ0n) is 16.0. The minimum atomic E-state index is -4.77. The summed E-state index contributed by atoms with van der Waals surface area (Å²) in [6.07, 6.45) is -1.07. The predicted molar refractivity (Wildman–Crippen MR) is 98.0 cm³/mol. The number of hydrogen-bond acceptors (Lipinski definition) is 4. The first-order valence-corrected chi connectivity index (χ1v) is 9.73. The number of amides is 1. The van der Waals surface area contributed by atoms with E-state index in [0.717, 1.165) is 32.4 Å². The van der Waals surface area contributed by atoms with Gasteiger partial charge in [0.25, 0.3) is 0 Å². The number of rotatable bonds is 4. The normalized spacial score (nSPS) is 22.0. The van der Waals surface area contributed by atoms with Crippen LogP contribution >= 0.6 is 0 Å². The number of carbonyl (C=O) groups is 1. The lowest BCUT2D eigenvalue weighted by atomic mass is 9.72. The van der Waals surface area contributed by atoms with Crippen molar-refractivity contribution in [3.63, 3.8) is 0 Å². The molecule has 1 aliphatic carbocycles. The van der Waals surface area contributed by atoms with Crippen molar-refractivity contribution in [2.75, 3.05) is 33.2 Å². The Kier molecular flexibility index (Phi) is 6.19. The highest BCUT2D eigenvalue weighted by atomic mass is 19.4.